The molecule has 1 fully saturated rings. The number of nitrogens with one attached hydrogen (secondary N) is 1. The van der Waals surface area contributed by atoms with E-state index in [-0.39, 0.29) is 6.10 Å². The van der Waals surface area contributed by atoms with Crippen molar-refractivity contribution in [3.8, 4) is 22.7 Å². The van der Waals surface area contributed by atoms with E-state index in [2.05, 4.69) is 10.4 Å². The topological polar surface area (TPSA) is 91.4 Å². The number of benzene rings is 2. The molecular weight excluding hydrogens is 356 g/mol. The number of carbonyl (C=O) groups excluding carboxylic acids is 1. The van der Waals surface area contributed by atoms with Gasteiger partial charge in [-0.15, -0.1) is 0 Å². The third-order valence-corrected chi connectivity index (χ3v) is 4.76. The van der Waals surface area contributed by atoms with E-state index in [9.17, 15) is 4.79 Å². The zero-order chi connectivity index (χ0) is 19.5. The number of morpholine rings is 1. The Kier molecular flexibility index (Phi) is 5.10. The molecule has 3 aromatic rings. The SMILES string of the molecule is COc1cccc(-c2cc(C(N)=O)n(-c3ccc([C@@H]4CNCCO4)cc3)n2)c1. The van der Waals surface area contributed by atoms with Crippen molar-refractivity contribution in [1.82, 2.24) is 15.1 Å². The molecule has 1 amide bonds. The number of rotatable bonds is 5. The monoisotopic (exact) mass is 378 g/mol. The van der Waals surface area contributed by atoms with Gasteiger partial charge in [-0.2, -0.15) is 5.10 Å². The Morgan fingerprint density at radius 1 is 1.25 bits per heavy atom. The van der Waals surface area contributed by atoms with E-state index >= 15 is 0 Å². The van der Waals surface area contributed by atoms with Crippen LogP contribution in [0.5, 0.6) is 5.75 Å². The van der Waals surface area contributed by atoms with Crippen LogP contribution >= 0.6 is 0 Å². The van der Waals surface area contributed by atoms with E-state index in [4.69, 9.17) is 15.2 Å². The van der Waals surface area contributed by atoms with Crippen molar-refractivity contribution in [1.29, 1.82) is 0 Å². The fraction of sp³-hybridized carbons (Fsp3) is 0.238. The zero-order valence-corrected chi connectivity index (χ0v) is 15.6. The number of primary amides is 1. The van der Waals surface area contributed by atoms with E-state index in [0.29, 0.717) is 18.0 Å². The molecule has 144 valence electrons. The van der Waals surface area contributed by atoms with Crippen LogP contribution in [0.4, 0.5) is 0 Å². The lowest BCUT2D eigenvalue weighted by Gasteiger charge is -2.24. The van der Waals surface area contributed by atoms with Crippen LogP contribution in [0, 0.1) is 0 Å². The minimum absolute atomic E-state index is 0.0309. The van der Waals surface area contributed by atoms with Crippen molar-refractivity contribution in [2.45, 2.75) is 6.10 Å². The van der Waals surface area contributed by atoms with Crippen molar-refractivity contribution in [3.63, 3.8) is 0 Å². The molecule has 7 heteroatoms. The van der Waals surface area contributed by atoms with Gasteiger partial charge in [0, 0.05) is 18.7 Å². The van der Waals surface area contributed by atoms with Crippen molar-refractivity contribution in [2.75, 3.05) is 26.8 Å². The Balaban J connectivity index is 1.68. The lowest BCUT2D eigenvalue weighted by molar-refractivity contribution is 0.0277. The minimum atomic E-state index is -0.537. The molecule has 0 radical (unpaired) electrons. The summed E-state index contributed by atoms with van der Waals surface area (Å²) in [6.07, 6.45) is 0.0309. The Labute approximate surface area is 163 Å². The first-order valence-corrected chi connectivity index (χ1v) is 9.12. The Hall–Kier alpha value is -3.16. The number of nitrogens with zero attached hydrogens (tertiary/aromatic N) is 2. The van der Waals surface area contributed by atoms with Crippen LogP contribution in [0.15, 0.2) is 54.6 Å². The standard InChI is InChI=1S/C21H22N4O3/c1-27-17-4-2-3-15(11-17)18-12-19(21(22)26)25(24-18)16-7-5-14(6-8-16)20-13-23-9-10-28-20/h2-8,11-12,20,23H,9-10,13H2,1H3,(H2,22,26)/t20-/m0/s1. The van der Waals surface area contributed by atoms with E-state index in [1.165, 1.54) is 0 Å². The molecule has 2 heterocycles. The predicted octanol–water partition coefficient (Wildman–Crippen LogP) is 2.31. The van der Waals surface area contributed by atoms with Gasteiger partial charge in [0.1, 0.15) is 11.4 Å². The summed E-state index contributed by atoms with van der Waals surface area (Å²) in [5, 5.41) is 7.93. The van der Waals surface area contributed by atoms with Crippen molar-refractivity contribution in [2.24, 2.45) is 5.73 Å². The van der Waals surface area contributed by atoms with E-state index < -0.39 is 5.91 Å². The van der Waals surface area contributed by atoms with Crippen LogP contribution < -0.4 is 15.8 Å². The average Bonchev–Trinajstić information content (AvgIpc) is 3.20. The van der Waals surface area contributed by atoms with Crippen molar-refractivity contribution < 1.29 is 14.3 Å². The largest absolute Gasteiger partial charge is 0.497 e. The van der Waals surface area contributed by atoms with Crippen LogP contribution in [-0.4, -0.2) is 42.5 Å². The molecule has 1 aliphatic heterocycles. The minimum Gasteiger partial charge on any atom is -0.497 e. The first kappa shape index (κ1) is 18.2. The van der Waals surface area contributed by atoms with Gasteiger partial charge in [0.2, 0.25) is 0 Å². The highest BCUT2D eigenvalue weighted by molar-refractivity contribution is 5.93. The van der Waals surface area contributed by atoms with Gasteiger partial charge in [-0.05, 0) is 35.9 Å². The maximum absolute atomic E-state index is 12.0. The molecule has 7 nitrogen and oxygen atoms in total. The Morgan fingerprint density at radius 3 is 2.75 bits per heavy atom. The van der Waals surface area contributed by atoms with Crippen LogP contribution in [0.3, 0.4) is 0 Å². The Bertz CT molecular complexity index is 976. The lowest BCUT2D eigenvalue weighted by Crippen LogP contribution is -2.33. The van der Waals surface area contributed by atoms with E-state index in [0.717, 1.165) is 35.7 Å². The fourth-order valence-corrected chi connectivity index (χ4v) is 3.29. The van der Waals surface area contributed by atoms with Crippen LogP contribution in [0.1, 0.15) is 22.2 Å². The number of hydrogen-bond acceptors (Lipinski definition) is 5. The highest BCUT2D eigenvalue weighted by atomic mass is 16.5. The number of carbonyl (C=O) groups is 1. The average molecular weight is 378 g/mol. The highest BCUT2D eigenvalue weighted by Gasteiger charge is 2.18. The van der Waals surface area contributed by atoms with E-state index in [1.54, 1.807) is 17.9 Å². The molecule has 3 N–H and O–H groups in total. The lowest BCUT2D eigenvalue weighted by atomic mass is 10.1. The summed E-state index contributed by atoms with van der Waals surface area (Å²) in [6.45, 7) is 2.35. The molecule has 4 rings (SSSR count). The normalized spacial score (nSPS) is 16.7. The van der Waals surface area contributed by atoms with Crippen molar-refractivity contribution >= 4 is 5.91 Å². The summed E-state index contributed by atoms with van der Waals surface area (Å²) in [7, 11) is 1.61. The van der Waals surface area contributed by atoms with Gasteiger partial charge in [-0.1, -0.05) is 24.3 Å². The van der Waals surface area contributed by atoms with Gasteiger partial charge in [0.25, 0.3) is 5.91 Å². The van der Waals surface area contributed by atoms with Crippen molar-refractivity contribution in [3.05, 3.63) is 65.9 Å². The second-order valence-corrected chi connectivity index (χ2v) is 6.58. The smallest absolute Gasteiger partial charge is 0.267 e. The summed E-state index contributed by atoms with van der Waals surface area (Å²) in [5.41, 5.74) is 9.25. The number of ether oxygens (including phenoxy) is 2. The maximum Gasteiger partial charge on any atom is 0.267 e. The molecule has 0 aliphatic carbocycles. The Morgan fingerprint density at radius 2 is 2.07 bits per heavy atom. The zero-order valence-electron chi connectivity index (χ0n) is 15.6. The summed E-state index contributed by atoms with van der Waals surface area (Å²) in [6, 6.07) is 17.0. The first-order chi connectivity index (χ1) is 13.7. The number of hydrogen-bond donors (Lipinski definition) is 2. The first-order valence-electron chi connectivity index (χ1n) is 9.12. The molecule has 0 saturated carbocycles. The van der Waals surface area contributed by atoms with E-state index in [1.807, 2.05) is 48.5 Å². The number of aromatic nitrogens is 2. The maximum atomic E-state index is 12.0. The molecule has 0 bridgehead atoms. The number of amides is 1. The quantitative estimate of drug-likeness (QED) is 0.711. The highest BCUT2D eigenvalue weighted by Crippen LogP contribution is 2.26. The second kappa shape index (κ2) is 7.84. The molecule has 0 spiro atoms. The molecule has 1 aliphatic rings. The molecule has 1 atom stereocenters. The van der Waals surface area contributed by atoms with Gasteiger partial charge < -0.3 is 20.5 Å². The van der Waals surface area contributed by atoms with Gasteiger partial charge in [-0.3, -0.25) is 4.79 Å². The van der Waals surface area contributed by atoms with Gasteiger partial charge >= 0.3 is 0 Å². The molecule has 1 saturated heterocycles. The summed E-state index contributed by atoms with van der Waals surface area (Å²) in [5.74, 6) is 0.184. The van der Waals surface area contributed by atoms with Crippen LogP contribution in [0.2, 0.25) is 0 Å². The molecule has 2 aromatic carbocycles. The second-order valence-electron chi connectivity index (χ2n) is 6.58. The van der Waals surface area contributed by atoms with Crippen LogP contribution in [-0.2, 0) is 4.74 Å². The number of nitrogens with two attached hydrogens (primary N) is 1. The van der Waals surface area contributed by atoms with Gasteiger partial charge in [-0.25, -0.2) is 4.68 Å². The fourth-order valence-electron chi connectivity index (χ4n) is 3.29. The van der Waals surface area contributed by atoms with Crippen LogP contribution in [0.25, 0.3) is 16.9 Å². The summed E-state index contributed by atoms with van der Waals surface area (Å²) >= 11 is 0. The molecule has 28 heavy (non-hydrogen) atoms. The summed E-state index contributed by atoms with van der Waals surface area (Å²) in [4.78, 5) is 12.0. The molecule has 1 aromatic heterocycles. The predicted molar refractivity (Wildman–Crippen MR) is 106 cm³/mol. The third kappa shape index (κ3) is 3.62. The molecular formula is C21H22N4O3. The third-order valence-electron chi connectivity index (χ3n) is 4.76. The number of methoxy groups -OCH3 is 1. The summed E-state index contributed by atoms with van der Waals surface area (Å²) < 4.78 is 12.6. The molecule has 0 unspecified atom stereocenters. The van der Waals surface area contributed by atoms with Gasteiger partial charge in [0.15, 0.2) is 0 Å². The van der Waals surface area contributed by atoms with Gasteiger partial charge in [0.05, 0.1) is 31.2 Å².